The van der Waals surface area contributed by atoms with Gasteiger partial charge in [0.15, 0.2) is 5.69 Å². The van der Waals surface area contributed by atoms with E-state index in [0.717, 1.165) is 5.56 Å². The third-order valence-electron chi connectivity index (χ3n) is 3.27. The Labute approximate surface area is 126 Å². The lowest BCUT2D eigenvalue weighted by Crippen LogP contribution is -2.06. The fourth-order valence-corrected chi connectivity index (χ4v) is 2.30. The zero-order valence-corrected chi connectivity index (χ0v) is 11.7. The lowest BCUT2D eigenvalue weighted by Gasteiger charge is -2.08. The number of benzene rings is 2. The summed E-state index contributed by atoms with van der Waals surface area (Å²) in [4.78, 5) is 11.4. The molecule has 6 heteroatoms. The van der Waals surface area contributed by atoms with Gasteiger partial charge in [0.05, 0.1) is 6.54 Å². The van der Waals surface area contributed by atoms with Crippen LogP contribution in [0.1, 0.15) is 16.1 Å². The summed E-state index contributed by atoms with van der Waals surface area (Å²) in [6, 6.07) is 16.7. The number of hydrogen-bond acceptors (Lipinski definition) is 4. The largest absolute Gasteiger partial charge is 0.476 e. The molecule has 1 heterocycles. The molecule has 3 aromatic rings. The van der Waals surface area contributed by atoms with Crippen LogP contribution in [0.4, 0.5) is 5.69 Å². The molecule has 0 radical (unpaired) electrons. The highest BCUT2D eigenvalue weighted by Crippen LogP contribution is 2.25. The smallest absolute Gasteiger partial charge is 0.358 e. The lowest BCUT2D eigenvalue weighted by atomic mass is 10.1. The Kier molecular flexibility index (Phi) is 3.57. The number of carbonyl (C=O) groups is 1. The van der Waals surface area contributed by atoms with Crippen LogP contribution in [-0.2, 0) is 6.54 Å². The number of carboxylic acids is 1. The summed E-state index contributed by atoms with van der Waals surface area (Å²) < 4.78 is 1.58. The second-order valence-electron chi connectivity index (χ2n) is 4.86. The summed E-state index contributed by atoms with van der Waals surface area (Å²) in [6.45, 7) is 0.436. The summed E-state index contributed by atoms with van der Waals surface area (Å²) >= 11 is 0. The maximum Gasteiger partial charge on any atom is 0.358 e. The van der Waals surface area contributed by atoms with Crippen LogP contribution in [0.25, 0.3) is 11.3 Å². The molecule has 3 rings (SSSR count). The Morgan fingerprint density at radius 2 is 1.91 bits per heavy atom. The quantitative estimate of drug-likeness (QED) is 0.720. The average molecular weight is 294 g/mol. The fraction of sp³-hybridized carbons (Fsp3) is 0.0625. The summed E-state index contributed by atoms with van der Waals surface area (Å²) in [5, 5.41) is 17.1. The first kappa shape index (κ1) is 13.8. The van der Waals surface area contributed by atoms with Crippen molar-refractivity contribution < 1.29 is 9.90 Å². The second-order valence-corrected chi connectivity index (χ2v) is 4.86. The third kappa shape index (κ3) is 2.67. The van der Waals surface area contributed by atoms with Crippen molar-refractivity contribution in [3.63, 3.8) is 0 Å². The van der Waals surface area contributed by atoms with Crippen molar-refractivity contribution >= 4 is 11.7 Å². The number of nitrogens with two attached hydrogens (primary N) is 1. The second kappa shape index (κ2) is 5.69. The highest BCUT2D eigenvalue weighted by atomic mass is 16.4. The van der Waals surface area contributed by atoms with E-state index in [2.05, 4.69) is 10.3 Å². The Bertz CT molecular complexity index is 812. The molecule has 0 amide bonds. The molecule has 110 valence electrons. The number of aromatic nitrogens is 3. The van der Waals surface area contributed by atoms with Crippen LogP contribution in [0.5, 0.6) is 0 Å². The Morgan fingerprint density at radius 1 is 1.14 bits per heavy atom. The third-order valence-corrected chi connectivity index (χ3v) is 3.27. The SMILES string of the molecule is Nc1cccc(-c2c(C(=O)O)nnn2Cc2ccccc2)c1. The maximum absolute atomic E-state index is 11.4. The van der Waals surface area contributed by atoms with E-state index < -0.39 is 5.97 Å². The molecule has 0 atom stereocenters. The van der Waals surface area contributed by atoms with Gasteiger partial charge in [-0.25, -0.2) is 9.48 Å². The number of nitrogens with zero attached hydrogens (tertiary/aromatic N) is 3. The predicted molar refractivity (Wildman–Crippen MR) is 82.4 cm³/mol. The van der Waals surface area contributed by atoms with Gasteiger partial charge in [0, 0.05) is 11.3 Å². The standard InChI is InChI=1S/C16H14N4O2/c17-13-8-4-7-12(9-13)15-14(16(21)22)18-19-20(15)10-11-5-2-1-3-6-11/h1-9H,10,17H2,(H,21,22). The van der Waals surface area contributed by atoms with Crippen molar-refractivity contribution in [1.29, 1.82) is 0 Å². The first-order chi connectivity index (χ1) is 10.6. The Morgan fingerprint density at radius 3 is 2.59 bits per heavy atom. The van der Waals surface area contributed by atoms with Gasteiger partial charge in [-0.15, -0.1) is 5.10 Å². The van der Waals surface area contributed by atoms with E-state index in [1.165, 1.54) is 0 Å². The number of carboxylic acid groups (broad SMARTS) is 1. The van der Waals surface area contributed by atoms with Crippen LogP contribution in [0.15, 0.2) is 54.6 Å². The first-order valence-corrected chi connectivity index (χ1v) is 6.72. The summed E-state index contributed by atoms with van der Waals surface area (Å²) in [6.07, 6.45) is 0. The normalized spacial score (nSPS) is 10.5. The van der Waals surface area contributed by atoms with E-state index in [-0.39, 0.29) is 5.69 Å². The summed E-state index contributed by atoms with van der Waals surface area (Å²) in [5.74, 6) is -1.11. The molecule has 0 aliphatic heterocycles. The minimum absolute atomic E-state index is 0.0819. The van der Waals surface area contributed by atoms with Crippen molar-refractivity contribution in [3.8, 4) is 11.3 Å². The van der Waals surface area contributed by atoms with E-state index in [0.29, 0.717) is 23.5 Å². The molecule has 0 aliphatic rings. The molecule has 2 aromatic carbocycles. The zero-order valence-electron chi connectivity index (χ0n) is 11.7. The van der Waals surface area contributed by atoms with Gasteiger partial charge in [-0.1, -0.05) is 47.7 Å². The highest BCUT2D eigenvalue weighted by Gasteiger charge is 2.20. The fourth-order valence-electron chi connectivity index (χ4n) is 2.30. The molecule has 6 nitrogen and oxygen atoms in total. The molecule has 0 fully saturated rings. The molecule has 22 heavy (non-hydrogen) atoms. The minimum Gasteiger partial charge on any atom is -0.476 e. The number of hydrogen-bond donors (Lipinski definition) is 2. The number of anilines is 1. The van der Waals surface area contributed by atoms with E-state index in [9.17, 15) is 9.90 Å². The van der Waals surface area contributed by atoms with Crippen molar-refractivity contribution in [3.05, 3.63) is 65.9 Å². The first-order valence-electron chi connectivity index (χ1n) is 6.72. The van der Waals surface area contributed by atoms with E-state index in [1.807, 2.05) is 30.3 Å². The lowest BCUT2D eigenvalue weighted by molar-refractivity contribution is 0.0691. The van der Waals surface area contributed by atoms with Gasteiger partial charge in [0.25, 0.3) is 0 Å². The molecule has 0 saturated heterocycles. The minimum atomic E-state index is -1.11. The molecule has 0 spiro atoms. The molecule has 3 N–H and O–H groups in total. The van der Waals surface area contributed by atoms with Gasteiger partial charge in [0.2, 0.25) is 0 Å². The number of aromatic carboxylic acids is 1. The monoisotopic (exact) mass is 294 g/mol. The summed E-state index contributed by atoms with van der Waals surface area (Å²) in [5.41, 5.74) is 8.41. The van der Waals surface area contributed by atoms with Crippen LogP contribution in [0, 0.1) is 0 Å². The predicted octanol–water partition coefficient (Wildman–Crippen LogP) is 2.27. The topological polar surface area (TPSA) is 94.0 Å². The molecular weight excluding hydrogens is 280 g/mol. The van der Waals surface area contributed by atoms with Gasteiger partial charge < -0.3 is 10.8 Å². The molecule has 1 aromatic heterocycles. The van der Waals surface area contributed by atoms with Crippen molar-refractivity contribution in [1.82, 2.24) is 15.0 Å². The number of rotatable bonds is 4. The highest BCUT2D eigenvalue weighted by molar-refractivity contribution is 5.92. The Balaban J connectivity index is 2.10. The van der Waals surface area contributed by atoms with Gasteiger partial charge in [-0.05, 0) is 17.7 Å². The van der Waals surface area contributed by atoms with Crippen LogP contribution < -0.4 is 5.73 Å². The molecule has 0 bridgehead atoms. The van der Waals surface area contributed by atoms with Crippen LogP contribution in [0.2, 0.25) is 0 Å². The van der Waals surface area contributed by atoms with Gasteiger partial charge in [-0.3, -0.25) is 0 Å². The van der Waals surface area contributed by atoms with E-state index >= 15 is 0 Å². The average Bonchev–Trinajstić information content (AvgIpc) is 2.92. The Hall–Kier alpha value is -3.15. The van der Waals surface area contributed by atoms with Gasteiger partial charge in [0.1, 0.15) is 5.69 Å². The van der Waals surface area contributed by atoms with Crippen molar-refractivity contribution in [2.45, 2.75) is 6.54 Å². The van der Waals surface area contributed by atoms with Crippen molar-refractivity contribution in [2.24, 2.45) is 0 Å². The molecular formula is C16H14N4O2. The molecule has 0 aliphatic carbocycles. The van der Waals surface area contributed by atoms with E-state index in [4.69, 9.17) is 5.73 Å². The zero-order chi connectivity index (χ0) is 15.5. The van der Waals surface area contributed by atoms with Crippen LogP contribution >= 0.6 is 0 Å². The van der Waals surface area contributed by atoms with Gasteiger partial charge >= 0.3 is 5.97 Å². The number of nitrogen functional groups attached to an aromatic ring is 1. The molecule has 0 unspecified atom stereocenters. The maximum atomic E-state index is 11.4. The van der Waals surface area contributed by atoms with Crippen LogP contribution in [-0.4, -0.2) is 26.1 Å². The van der Waals surface area contributed by atoms with Crippen LogP contribution in [0.3, 0.4) is 0 Å². The van der Waals surface area contributed by atoms with Gasteiger partial charge in [-0.2, -0.15) is 0 Å². The molecule has 0 saturated carbocycles. The summed E-state index contributed by atoms with van der Waals surface area (Å²) in [7, 11) is 0. The van der Waals surface area contributed by atoms with Crippen molar-refractivity contribution in [2.75, 3.05) is 5.73 Å². The van der Waals surface area contributed by atoms with E-state index in [1.54, 1.807) is 28.9 Å².